The van der Waals surface area contributed by atoms with Crippen molar-refractivity contribution < 1.29 is 28.2 Å². The molecule has 1 N–H and O–H groups in total. The minimum atomic E-state index is -0.419. The van der Waals surface area contributed by atoms with Crippen LogP contribution < -0.4 is 14.8 Å². The number of urea groups is 1. The van der Waals surface area contributed by atoms with Gasteiger partial charge >= 0.3 is 6.03 Å². The minimum Gasteiger partial charge on any atom is -0.467 e. The van der Waals surface area contributed by atoms with Gasteiger partial charge in [-0.25, -0.2) is 4.79 Å². The highest BCUT2D eigenvalue weighted by Gasteiger charge is 2.24. The topological polar surface area (TPSA) is 121 Å². The molecule has 11 heteroatoms. The van der Waals surface area contributed by atoms with Gasteiger partial charge in [-0.1, -0.05) is 12.1 Å². The Morgan fingerprint density at radius 2 is 1.82 bits per heavy atom. The number of hydrogen-bond donors (Lipinski definition) is 1. The van der Waals surface area contributed by atoms with E-state index in [2.05, 4.69) is 16.3 Å². The van der Waals surface area contributed by atoms with E-state index in [0.29, 0.717) is 61.4 Å². The van der Waals surface area contributed by atoms with E-state index in [0.717, 1.165) is 18.7 Å². The van der Waals surface area contributed by atoms with E-state index in [-0.39, 0.29) is 25.8 Å². The van der Waals surface area contributed by atoms with Crippen molar-refractivity contribution >= 4 is 17.6 Å². The van der Waals surface area contributed by atoms with Crippen molar-refractivity contribution in [3.63, 3.8) is 0 Å². The van der Waals surface area contributed by atoms with Crippen molar-refractivity contribution in [1.82, 2.24) is 14.7 Å². The van der Waals surface area contributed by atoms with Gasteiger partial charge in [-0.2, -0.15) is 5.26 Å². The Labute approximate surface area is 232 Å². The van der Waals surface area contributed by atoms with Crippen LogP contribution in [0.1, 0.15) is 16.9 Å². The molecule has 0 bridgehead atoms. The first-order valence-electron chi connectivity index (χ1n) is 13.1. The lowest BCUT2D eigenvalue weighted by atomic mass is 10.2. The van der Waals surface area contributed by atoms with Crippen LogP contribution in [0.25, 0.3) is 0 Å². The fourth-order valence-electron chi connectivity index (χ4n) is 4.55. The summed E-state index contributed by atoms with van der Waals surface area (Å²) >= 11 is 0. The van der Waals surface area contributed by atoms with Gasteiger partial charge in [0.25, 0.3) is 0 Å². The van der Waals surface area contributed by atoms with Crippen LogP contribution in [-0.2, 0) is 22.6 Å². The van der Waals surface area contributed by atoms with E-state index in [9.17, 15) is 14.9 Å². The van der Waals surface area contributed by atoms with Crippen molar-refractivity contribution in [1.29, 1.82) is 5.26 Å². The van der Waals surface area contributed by atoms with Crippen LogP contribution in [0.15, 0.2) is 65.3 Å². The predicted molar refractivity (Wildman–Crippen MR) is 145 cm³/mol. The number of benzene rings is 2. The van der Waals surface area contributed by atoms with Crippen molar-refractivity contribution in [2.24, 2.45) is 0 Å². The van der Waals surface area contributed by atoms with Gasteiger partial charge < -0.3 is 33.7 Å². The summed E-state index contributed by atoms with van der Waals surface area (Å²) in [6, 6.07) is 17.5. The molecule has 1 saturated heterocycles. The zero-order valence-electron chi connectivity index (χ0n) is 22.1. The number of furan rings is 1. The fraction of sp³-hybridized carbons (Fsp3) is 0.345. The standard InChI is InChI=1S/C29H31N5O6/c30-17-22-3-1-4-24(15-22)31-29(36)33(9-8-32-10-13-37-14-11-32)20-28(35)34(19-25-5-2-12-38-25)18-23-6-7-26-27(16-23)40-21-39-26/h1-7,12,15-16H,8-11,13-14,18-21H2,(H,31,36). The maximum atomic E-state index is 13.8. The molecule has 0 radical (unpaired) electrons. The Bertz CT molecular complexity index is 1350. The summed E-state index contributed by atoms with van der Waals surface area (Å²) in [6.45, 7) is 4.30. The summed E-state index contributed by atoms with van der Waals surface area (Å²) in [5, 5.41) is 12.1. The quantitative estimate of drug-likeness (QED) is 0.412. The van der Waals surface area contributed by atoms with Gasteiger partial charge in [0.05, 0.1) is 37.7 Å². The summed E-state index contributed by atoms with van der Waals surface area (Å²) in [5.74, 6) is 1.69. The van der Waals surface area contributed by atoms with Gasteiger partial charge in [-0.15, -0.1) is 0 Å². The molecule has 3 heterocycles. The van der Waals surface area contributed by atoms with Crippen LogP contribution in [0, 0.1) is 11.3 Å². The molecule has 0 spiro atoms. The Balaban J connectivity index is 1.32. The first-order valence-corrected chi connectivity index (χ1v) is 13.1. The van der Waals surface area contributed by atoms with Gasteiger partial charge in [-0.3, -0.25) is 9.69 Å². The van der Waals surface area contributed by atoms with E-state index in [1.807, 2.05) is 24.3 Å². The van der Waals surface area contributed by atoms with Crippen LogP contribution >= 0.6 is 0 Å². The molecule has 3 aromatic rings. The third-order valence-electron chi connectivity index (χ3n) is 6.74. The zero-order chi connectivity index (χ0) is 27.7. The van der Waals surface area contributed by atoms with E-state index in [1.165, 1.54) is 4.90 Å². The first kappa shape index (κ1) is 27.1. The molecule has 208 valence electrons. The average Bonchev–Trinajstić information content (AvgIpc) is 3.67. The molecule has 1 fully saturated rings. The second-order valence-corrected chi connectivity index (χ2v) is 9.52. The van der Waals surface area contributed by atoms with Crippen molar-refractivity contribution in [2.45, 2.75) is 13.1 Å². The Kier molecular flexibility index (Phi) is 8.80. The first-order chi connectivity index (χ1) is 19.6. The average molecular weight is 546 g/mol. The van der Waals surface area contributed by atoms with E-state index in [1.54, 1.807) is 41.5 Å². The van der Waals surface area contributed by atoms with Crippen LogP contribution in [0.2, 0.25) is 0 Å². The molecule has 40 heavy (non-hydrogen) atoms. The molecule has 3 amide bonds. The highest BCUT2D eigenvalue weighted by atomic mass is 16.7. The Morgan fingerprint density at radius 1 is 0.975 bits per heavy atom. The summed E-state index contributed by atoms with van der Waals surface area (Å²) in [5.41, 5.74) is 1.78. The molecule has 5 rings (SSSR count). The molecule has 0 unspecified atom stereocenters. The van der Waals surface area contributed by atoms with E-state index in [4.69, 9.17) is 18.6 Å². The molecule has 11 nitrogen and oxygen atoms in total. The summed E-state index contributed by atoms with van der Waals surface area (Å²) in [7, 11) is 0. The third kappa shape index (κ3) is 7.11. The highest BCUT2D eigenvalue weighted by molar-refractivity contribution is 5.92. The molecule has 2 aliphatic heterocycles. The van der Waals surface area contributed by atoms with Crippen LogP contribution in [0.4, 0.5) is 10.5 Å². The monoisotopic (exact) mass is 545 g/mol. The molecular formula is C29H31N5O6. The van der Waals surface area contributed by atoms with Crippen LogP contribution in [0.5, 0.6) is 11.5 Å². The number of carbonyl (C=O) groups is 2. The maximum absolute atomic E-state index is 13.8. The molecule has 1 aromatic heterocycles. The zero-order valence-corrected chi connectivity index (χ0v) is 22.1. The number of fused-ring (bicyclic) bond motifs is 1. The number of carbonyl (C=O) groups excluding carboxylic acids is 2. The summed E-state index contributed by atoms with van der Waals surface area (Å²) in [4.78, 5) is 32.5. The number of ether oxygens (including phenoxy) is 3. The highest BCUT2D eigenvalue weighted by Crippen LogP contribution is 2.33. The number of amides is 3. The van der Waals surface area contributed by atoms with Gasteiger partial charge in [0.15, 0.2) is 11.5 Å². The Hall–Kier alpha value is -4.53. The van der Waals surface area contributed by atoms with Gasteiger partial charge in [-0.05, 0) is 48.0 Å². The van der Waals surface area contributed by atoms with Crippen LogP contribution in [0.3, 0.4) is 0 Å². The van der Waals surface area contributed by atoms with Crippen molar-refractivity contribution in [2.75, 3.05) is 58.0 Å². The van der Waals surface area contributed by atoms with Crippen molar-refractivity contribution in [3.8, 4) is 17.6 Å². The SMILES string of the molecule is N#Cc1cccc(NC(=O)N(CCN2CCOCC2)CC(=O)N(Cc2ccc3c(c2)OCO3)Cc2ccco2)c1. The largest absolute Gasteiger partial charge is 0.467 e. The lowest BCUT2D eigenvalue weighted by Crippen LogP contribution is -2.48. The predicted octanol–water partition coefficient (Wildman–Crippen LogP) is 3.28. The molecule has 2 aromatic carbocycles. The van der Waals surface area contributed by atoms with Gasteiger partial charge in [0.2, 0.25) is 12.7 Å². The van der Waals surface area contributed by atoms with E-state index >= 15 is 0 Å². The van der Waals surface area contributed by atoms with E-state index < -0.39 is 6.03 Å². The number of nitrogens with zero attached hydrogens (tertiary/aromatic N) is 4. The number of anilines is 1. The van der Waals surface area contributed by atoms with Gasteiger partial charge in [0, 0.05) is 38.4 Å². The lowest BCUT2D eigenvalue weighted by molar-refractivity contribution is -0.133. The smallest absolute Gasteiger partial charge is 0.322 e. The minimum absolute atomic E-state index is 0.140. The number of nitrogens with one attached hydrogen (secondary N) is 1. The fourth-order valence-corrected chi connectivity index (χ4v) is 4.55. The molecule has 0 atom stereocenters. The van der Waals surface area contributed by atoms with Gasteiger partial charge in [0.1, 0.15) is 12.3 Å². The maximum Gasteiger partial charge on any atom is 0.322 e. The Morgan fingerprint density at radius 3 is 2.62 bits per heavy atom. The molecule has 0 aliphatic carbocycles. The van der Waals surface area contributed by atoms with Crippen LogP contribution in [-0.4, -0.2) is 79.4 Å². The second-order valence-electron chi connectivity index (χ2n) is 9.52. The number of rotatable bonds is 10. The molecular weight excluding hydrogens is 514 g/mol. The summed E-state index contributed by atoms with van der Waals surface area (Å²) < 4.78 is 21.9. The third-order valence-corrected chi connectivity index (χ3v) is 6.74. The number of hydrogen-bond acceptors (Lipinski definition) is 8. The molecule has 2 aliphatic rings. The lowest BCUT2D eigenvalue weighted by Gasteiger charge is -2.31. The second kappa shape index (κ2) is 13.0. The van der Waals surface area contributed by atoms with Crippen molar-refractivity contribution in [3.05, 3.63) is 77.7 Å². The summed E-state index contributed by atoms with van der Waals surface area (Å²) in [6.07, 6.45) is 1.57. The number of morpholine rings is 1. The normalized spacial score (nSPS) is 14.4. The number of nitriles is 1. The molecule has 0 saturated carbocycles.